The summed E-state index contributed by atoms with van der Waals surface area (Å²) in [4.78, 5) is 18.5. The molecule has 1 saturated carbocycles. The van der Waals surface area contributed by atoms with Gasteiger partial charge in [0.1, 0.15) is 0 Å². The maximum absolute atomic E-state index is 11.7. The molecule has 3 rings (SSSR count). The van der Waals surface area contributed by atoms with Crippen molar-refractivity contribution in [3.8, 4) is 0 Å². The molecular weight excluding hydrogens is 415 g/mol. The Morgan fingerprint density at radius 2 is 2.25 bits per heavy atom. The van der Waals surface area contributed by atoms with Crippen LogP contribution in [0, 0.1) is 17.3 Å². The largest absolute Gasteiger partial charge is 0.356 e. The number of nitrogens with zero attached hydrogens (tertiary/aromatic N) is 2. The molecule has 3 fully saturated rings. The van der Waals surface area contributed by atoms with E-state index in [0.29, 0.717) is 6.42 Å². The SMILES string of the molecule is CN=C(NCC1CCCC(C)C1)N1CCCC2(CNC(=O)C2)C1.I. The average Bonchev–Trinajstić information content (AvgIpc) is 2.88. The summed E-state index contributed by atoms with van der Waals surface area (Å²) in [7, 11) is 1.88. The van der Waals surface area contributed by atoms with Gasteiger partial charge in [0.25, 0.3) is 0 Å². The Kier molecular flexibility index (Phi) is 7.19. The number of rotatable bonds is 2. The van der Waals surface area contributed by atoms with Crippen LogP contribution in [0.2, 0.25) is 0 Å². The van der Waals surface area contributed by atoms with Crippen LogP contribution in [0.1, 0.15) is 51.9 Å². The first kappa shape index (κ1) is 19.8. The van der Waals surface area contributed by atoms with Gasteiger partial charge in [0.05, 0.1) is 0 Å². The summed E-state index contributed by atoms with van der Waals surface area (Å²) in [6.45, 7) is 6.25. The van der Waals surface area contributed by atoms with Gasteiger partial charge in [0, 0.05) is 45.1 Å². The van der Waals surface area contributed by atoms with Gasteiger partial charge in [-0.15, -0.1) is 24.0 Å². The fraction of sp³-hybridized carbons (Fsp3) is 0.889. The van der Waals surface area contributed by atoms with E-state index in [0.717, 1.165) is 56.8 Å². The van der Waals surface area contributed by atoms with Crippen LogP contribution in [0.15, 0.2) is 4.99 Å². The van der Waals surface area contributed by atoms with E-state index in [1.54, 1.807) is 0 Å². The van der Waals surface area contributed by atoms with Gasteiger partial charge in [-0.3, -0.25) is 9.79 Å². The van der Waals surface area contributed by atoms with Crippen molar-refractivity contribution in [1.82, 2.24) is 15.5 Å². The molecule has 0 aromatic carbocycles. The molecule has 3 unspecified atom stereocenters. The third-order valence-electron chi connectivity index (χ3n) is 5.96. The third kappa shape index (κ3) is 4.76. The molecule has 6 heteroatoms. The molecule has 138 valence electrons. The van der Waals surface area contributed by atoms with E-state index in [2.05, 4.69) is 27.4 Å². The minimum atomic E-state index is 0. The highest BCUT2D eigenvalue weighted by molar-refractivity contribution is 14.0. The van der Waals surface area contributed by atoms with Crippen LogP contribution in [0.5, 0.6) is 0 Å². The molecule has 3 atom stereocenters. The molecule has 1 spiro atoms. The number of carbonyl (C=O) groups excluding carboxylic acids is 1. The van der Waals surface area contributed by atoms with Crippen molar-refractivity contribution in [2.45, 2.75) is 51.9 Å². The molecule has 2 heterocycles. The van der Waals surface area contributed by atoms with E-state index >= 15 is 0 Å². The summed E-state index contributed by atoms with van der Waals surface area (Å²) in [5.41, 5.74) is 0.131. The van der Waals surface area contributed by atoms with Crippen LogP contribution in [0.4, 0.5) is 0 Å². The van der Waals surface area contributed by atoms with Crippen molar-refractivity contribution in [1.29, 1.82) is 0 Å². The first-order valence-electron chi connectivity index (χ1n) is 9.32. The van der Waals surface area contributed by atoms with Crippen LogP contribution in [-0.4, -0.2) is 50.0 Å². The lowest BCUT2D eigenvalue weighted by molar-refractivity contribution is -0.119. The summed E-state index contributed by atoms with van der Waals surface area (Å²) in [6.07, 6.45) is 8.42. The van der Waals surface area contributed by atoms with Crippen molar-refractivity contribution in [3.63, 3.8) is 0 Å². The molecule has 2 aliphatic heterocycles. The quantitative estimate of drug-likeness (QED) is 0.388. The summed E-state index contributed by atoms with van der Waals surface area (Å²) in [5, 5.41) is 6.64. The number of amides is 1. The highest BCUT2D eigenvalue weighted by Crippen LogP contribution is 2.36. The Balaban J connectivity index is 0.00000208. The Morgan fingerprint density at radius 3 is 2.92 bits per heavy atom. The molecule has 0 aromatic heterocycles. The minimum absolute atomic E-state index is 0. The Hall–Kier alpha value is -0.530. The van der Waals surface area contributed by atoms with Crippen LogP contribution < -0.4 is 10.6 Å². The van der Waals surface area contributed by atoms with Crippen molar-refractivity contribution in [3.05, 3.63) is 0 Å². The molecule has 2 N–H and O–H groups in total. The van der Waals surface area contributed by atoms with Crippen LogP contribution in [-0.2, 0) is 4.79 Å². The predicted molar refractivity (Wildman–Crippen MR) is 109 cm³/mol. The van der Waals surface area contributed by atoms with Crippen molar-refractivity contribution < 1.29 is 4.79 Å². The normalized spacial score (nSPS) is 34.0. The molecule has 0 bridgehead atoms. The van der Waals surface area contributed by atoms with Gasteiger partial charge >= 0.3 is 0 Å². The summed E-state index contributed by atoms with van der Waals surface area (Å²) in [5.74, 6) is 2.89. The topological polar surface area (TPSA) is 56.7 Å². The first-order valence-corrected chi connectivity index (χ1v) is 9.32. The molecule has 0 aromatic rings. The fourth-order valence-electron chi connectivity index (χ4n) is 4.74. The van der Waals surface area contributed by atoms with E-state index in [-0.39, 0.29) is 35.3 Å². The number of hydrogen-bond acceptors (Lipinski definition) is 2. The summed E-state index contributed by atoms with van der Waals surface area (Å²) >= 11 is 0. The van der Waals surface area contributed by atoms with Crippen molar-refractivity contribution in [2.24, 2.45) is 22.2 Å². The van der Waals surface area contributed by atoms with Gasteiger partial charge < -0.3 is 15.5 Å². The molecule has 0 radical (unpaired) electrons. The Bertz CT molecular complexity index is 470. The number of piperidine rings is 1. The van der Waals surface area contributed by atoms with E-state index in [1.165, 1.54) is 25.7 Å². The Labute approximate surface area is 163 Å². The molecule has 5 nitrogen and oxygen atoms in total. The highest BCUT2D eigenvalue weighted by Gasteiger charge is 2.42. The number of carbonyl (C=O) groups is 1. The number of guanidine groups is 1. The molecular formula is C18H33IN4O. The second-order valence-electron chi connectivity index (χ2n) is 8.04. The fourth-order valence-corrected chi connectivity index (χ4v) is 4.74. The lowest BCUT2D eigenvalue weighted by Gasteiger charge is -2.41. The van der Waals surface area contributed by atoms with Gasteiger partial charge in [-0.05, 0) is 37.5 Å². The number of hydrogen-bond donors (Lipinski definition) is 2. The van der Waals surface area contributed by atoms with Gasteiger partial charge in [-0.25, -0.2) is 0 Å². The average molecular weight is 448 g/mol. The second-order valence-corrected chi connectivity index (χ2v) is 8.04. The zero-order valence-corrected chi connectivity index (χ0v) is 17.5. The maximum atomic E-state index is 11.7. The summed E-state index contributed by atoms with van der Waals surface area (Å²) in [6, 6.07) is 0. The first-order chi connectivity index (χ1) is 11.1. The number of nitrogens with one attached hydrogen (secondary N) is 2. The molecule has 1 amide bonds. The molecule has 2 saturated heterocycles. The van der Waals surface area contributed by atoms with Gasteiger partial charge in [-0.2, -0.15) is 0 Å². The van der Waals surface area contributed by atoms with E-state index in [4.69, 9.17) is 0 Å². The van der Waals surface area contributed by atoms with E-state index in [9.17, 15) is 4.79 Å². The zero-order valence-electron chi connectivity index (χ0n) is 15.1. The van der Waals surface area contributed by atoms with Gasteiger partial charge in [0.2, 0.25) is 5.91 Å². The zero-order chi connectivity index (χ0) is 16.3. The lowest BCUT2D eigenvalue weighted by Crippen LogP contribution is -2.52. The smallest absolute Gasteiger partial charge is 0.220 e. The lowest BCUT2D eigenvalue weighted by atomic mass is 9.79. The van der Waals surface area contributed by atoms with Crippen molar-refractivity contribution >= 4 is 35.8 Å². The molecule has 3 aliphatic rings. The van der Waals surface area contributed by atoms with Crippen LogP contribution in [0.3, 0.4) is 0 Å². The Morgan fingerprint density at radius 1 is 1.42 bits per heavy atom. The van der Waals surface area contributed by atoms with Crippen LogP contribution in [0.25, 0.3) is 0 Å². The molecule has 1 aliphatic carbocycles. The third-order valence-corrected chi connectivity index (χ3v) is 5.96. The monoisotopic (exact) mass is 448 g/mol. The van der Waals surface area contributed by atoms with E-state index < -0.39 is 0 Å². The van der Waals surface area contributed by atoms with Crippen LogP contribution >= 0.6 is 24.0 Å². The molecule has 24 heavy (non-hydrogen) atoms. The number of halogens is 1. The van der Waals surface area contributed by atoms with Crippen molar-refractivity contribution in [2.75, 3.05) is 33.2 Å². The van der Waals surface area contributed by atoms with Gasteiger partial charge in [0.15, 0.2) is 5.96 Å². The minimum Gasteiger partial charge on any atom is -0.356 e. The maximum Gasteiger partial charge on any atom is 0.220 e. The standard InChI is InChI=1S/C18H32N4O.HI/c1-14-5-3-6-15(9-14)11-20-17(19-2)22-8-4-7-18(13-22)10-16(23)21-12-18;/h14-15H,3-13H2,1-2H3,(H,19,20)(H,21,23);1H. The predicted octanol–water partition coefficient (Wildman–Crippen LogP) is 2.61. The van der Waals surface area contributed by atoms with Gasteiger partial charge in [-0.1, -0.05) is 19.8 Å². The number of aliphatic imine (C=N–C) groups is 1. The highest BCUT2D eigenvalue weighted by atomic mass is 127. The summed E-state index contributed by atoms with van der Waals surface area (Å²) < 4.78 is 0. The van der Waals surface area contributed by atoms with E-state index in [1.807, 2.05) is 7.05 Å². The second kappa shape index (κ2) is 8.72. The number of likely N-dealkylation sites (tertiary alicyclic amines) is 1.